The molecule has 0 aromatic heterocycles. The summed E-state index contributed by atoms with van der Waals surface area (Å²) >= 11 is 0. The molecule has 4 amide bonds. The lowest BCUT2D eigenvalue weighted by molar-refractivity contribution is -0.136. The Morgan fingerprint density at radius 2 is 1.58 bits per heavy atom. The van der Waals surface area contributed by atoms with E-state index in [4.69, 9.17) is 0 Å². The molecule has 0 saturated carbocycles. The lowest BCUT2D eigenvalue weighted by Gasteiger charge is -2.37. The molecule has 2 heterocycles. The van der Waals surface area contributed by atoms with E-state index in [2.05, 4.69) is 22.5 Å². The smallest absolute Gasteiger partial charge is 0.321 e. The number of carbonyl (C=O) groups is 3. The minimum Gasteiger partial charge on any atom is -0.339 e. The highest BCUT2D eigenvalue weighted by atomic mass is 16.2. The summed E-state index contributed by atoms with van der Waals surface area (Å²) in [5, 5.41) is 4.98. The number of nitrogens with one attached hydrogen (secondary N) is 2. The number of amides is 4. The van der Waals surface area contributed by atoms with Crippen LogP contribution in [0, 0.1) is 0 Å². The first-order chi connectivity index (χ1) is 12.3. The molecule has 2 rings (SSSR count). The number of carbonyl (C=O) groups excluding carboxylic acids is 3. The van der Waals surface area contributed by atoms with Gasteiger partial charge in [-0.1, -0.05) is 0 Å². The Hall–Kier alpha value is -1.67. The van der Waals surface area contributed by atoms with Gasteiger partial charge in [-0.2, -0.15) is 0 Å². The van der Waals surface area contributed by atoms with Gasteiger partial charge in [0.1, 0.15) is 0 Å². The summed E-state index contributed by atoms with van der Waals surface area (Å²) in [5.41, 5.74) is 0. The number of imide groups is 1. The fourth-order valence-corrected chi connectivity index (χ4v) is 3.52. The topological polar surface area (TPSA) is 85.0 Å². The Morgan fingerprint density at radius 3 is 2.15 bits per heavy atom. The number of piperidine rings is 1. The first kappa shape index (κ1) is 20.6. The number of likely N-dealkylation sites (tertiary alicyclic amines) is 1. The molecule has 148 valence electrons. The fraction of sp³-hybridized carbons (Fsp3) is 0.833. The zero-order valence-electron chi connectivity index (χ0n) is 16.3. The summed E-state index contributed by atoms with van der Waals surface area (Å²) < 4.78 is 0. The van der Waals surface area contributed by atoms with Gasteiger partial charge in [-0.05, 0) is 40.0 Å². The third-order valence-electron chi connectivity index (χ3n) is 4.99. The molecule has 0 unspecified atom stereocenters. The van der Waals surface area contributed by atoms with Gasteiger partial charge in [0, 0.05) is 44.8 Å². The standard InChI is InChI=1S/C18H33N5O3/c1-14(2)19-18(26)20-16(24)12-21-8-10-22(11-9-21)13-17(25)23-7-5-4-6-15(23)3/h14-15H,4-13H2,1-3H3,(H2,19,20,24,26)/t15-/m1/s1. The van der Waals surface area contributed by atoms with E-state index < -0.39 is 6.03 Å². The van der Waals surface area contributed by atoms with Gasteiger partial charge in [0.25, 0.3) is 0 Å². The van der Waals surface area contributed by atoms with Crippen LogP contribution in [0.2, 0.25) is 0 Å². The number of urea groups is 1. The third kappa shape index (κ3) is 6.57. The van der Waals surface area contributed by atoms with Crippen LogP contribution in [0.4, 0.5) is 4.79 Å². The van der Waals surface area contributed by atoms with Crippen molar-refractivity contribution in [1.29, 1.82) is 0 Å². The number of hydrogen-bond donors (Lipinski definition) is 2. The maximum atomic E-state index is 12.5. The van der Waals surface area contributed by atoms with Crippen LogP contribution in [-0.2, 0) is 9.59 Å². The van der Waals surface area contributed by atoms with Gasteiger partial charge >= 0.3 is 6.03 Å². The van der Waals surface area contributed by atoms with Crippen molar-refractivity contribution in [3.05, 3.63) is 0 Å². The largest absolute Gasteiger partial charge is 0.339 e. The van der Waals surface area contributed by atoms with Crippen molar-refractivity contribution in [1.82, 2.24) is 25.3 Å². The number of hydrogen-bond acceptors (Lipinski definition) is 5. The Morgan fingerprint density at radius 1 is 0.962 bits per heavy atom. The second kappa shape index (κ2) is 9.87. The molecule has 8 nitrogen and oxygen atoms in total. The molecule has 26 heavy (non-hydrogen) atoms. The fourth-order valence-electron chi connectivity index (χ4n) is 3.52. The van der Waals surface area contributed by atoms with Gasteiger partial charge in [0.15, 0.2) is 0 Å². The zero-order chi connectivity index (χ0) is 19.1. The second-order valence-electron chi connectivity index (χ2n) is 7.66. The van der Waals surface area contributed by atoms with Gasteiger partial charge in [-0.25, -0.2) is 4.79 Å². The normalized spacial score (nSPS) is 22.3. The zero-order valence-corrected chi connectivity index (χ0v) is 16.3. The molecule has 0 bridgehead atoms. The van der Waals surface area contributed by atoms with Gasteiger partial charge in [0.05, 0.1) is 13.1 Å². The van der Waals surface area contributed by atoms with Crippen molar-refractivity contribution in [2.45, 2.75) is 52.1 Å². The van der Waals surface area contributed by atoms with E-state index in [9.17, 15) is 14.4 Å². The Labute approximate surface area is 156 Å². The quantitative estimate of drug-likeness (QED) is 0.727. The second-order valence-corrected chi connectivity index (χ2v) is 7.66. The van der Waals surface area contributed by atoms with Gasteiger partial charge in [-0.3, -0.25) is 24.7 Å². The van der Waals surface area contributed by atoms with E-state index in [1.54, 1.807) is 0 Å². The van der Waals surface area contributed by atoms with Crippen molar-refractivity contribution in [3.8, 4) is 0 Å². The summed E-state index contributed by atoms with van der Waals surface area (Å²) in [6.07, 6.45) is 3.41. The van der Waals surface area contributed by atoms with Crippen molar-refractivity contribution < 1.29 is 14.4 Å². The van der Waals surface area contributed by atoms with Crippen LogP contribution in [0.5, 0.6) is 0 Å². The van der Waals surface area contributed by atoms with E-state index in [1.165, 1.54) is 6.42 Å². The molecule has 0 aromatic rings. The van der Waals surface area contributed by atoms with Crippen molar-refractivity contribution in [3.63, 3.8) is 0 Å². The molecule has 2 aliphatic heterocycles. The van der Waals surface area contributed by atoms with Gasteiger partial charge in [-0.15, -0.1) is 0 Å². The molecular formula is C18H33N5O3. The highest BCUT2D eigenvalue weighted by molar-refractivity contribution is 5.95. The number of piperazine rings is 1. The van der Waals surface area contributed by atoms with Crippen LogP contribution < -0.4 is 10.6 Å². The van der Waals surface area contributed by atoms with Crippen LogP contribution in [0.1, 0.15) is 40.0 Å². The van der Waals surface area contributed by atoms with E-state index >= 15 is 0 Å². The van der Waals surface area contributed by atoms with E-state index in [1.807, 2.05) is 23.6 Å². The molecule has 2 saturated heterocycles. The van der Waals surface area contributed by atoms with Gasteiger partial charge in [0.2, 0.25) is 11.8 Å². The van der Waals surface area contributed by atoms with Crippen molar-refractivity contribution in [2.75, 3.05) is 45.8 Å². The van der Waals surface area contributed by atoms with Crippen LogP contribution in [0.25, 0.3) is 0 Å². The summed E-state index contributed by atoms with van der Waals surface area (Å²) in [4.78, 5) is 42.2. The molecule has 2 aliphatic rings. The molecular weight excluding hydrogens is 334 g/mol. The first-order valence-corrected chi connectivity index (χ1v) is 9.69. The predicted molar refractivity (Wildman–Crippen MR) is 99.7 cm³/mol. The molecule has 8 heteroatoms. The Kier molecular flexibility index (Phi) is 7.84. The molecule has 0 radical (unpaired) electrons. The van der Waals surface area contributed by atoms with Gasteiger partial charge < -0.3 is 10.2 Å². The Balaban J connectivity index is 1.67. The SMILES string of the molecule is CC(C)NC(=O)NC(=O)CN1CCN(CC(=O)N2CCCC[C@H]2C)CC1. The third-order valence-corrected chi connectivity index (χ3v) is 4.99. The van der Waals surface area contributed by atoms with Crippen LogP contribution in [-0.4, -0.2) is 90.4 Å². The maximum Gasteiger partial charge on any atom is 0.321 e. The lowest BCUT2D eigenvalue weighted by Crippen LogP contribution is -2.54. The highest BCUT2D eigenvalue weighted by Gasteiger charge is 2.26. The predicted octanol–water partition coefficient (Wildman–Crippen LogP) is 0.239. The number of rotatable bonds is 5. The van der Waals surface area contributed by atoms with E-state index in [0.717, 1.165) is 45.6 Å². The van der Waals surface area contributed by atoms with Crippen LogP contribution >= 0.6 is 0 Å². The molecule has 1 atom stereocenters. The minimum absolute atomic E-state index is 0.00787. The summed E-state index contributed by atoms with van der Waals surface area (Å²) in [7, 11) is 0. The van der Waals surface area contributed by atoms with E-state index in [0.29, 0.717) is 12.6 Å². The molecule has 0 spiro atoms. The summed E-state index contributed by atoms with van der Waals surface area (Å²) in [6.45, 7) is 10.3. The average Bonchev–Trinajstić information content (AvgIpc) is 2.56. The van der Waals surface area contributed by atoms with Crippen LogP contribution in [0.15, 0.2) is 0 Å². The van der Waals surface area contributed by atoms with Crippen molar-refractivity contribution >= 4 is 17.8 Å². The molecule has 2 fully saturated rings. The van der Waals surface area contributed by atoms with Crippen LogP contribution in [0.3, 0.4) is 0 Å². The lowest BCUT2D eigenvalue weighted by atomic mass is 10.0. The number of nitrogens with zero attached hydrogens (tertiary/aromatic N) is 3. The van der Waals surface area contributed by atoms with E-state index in [-0.39, 0.29) is 24.4 Å². The summed E-state index contributed by atoms with van der Waals surface area (Å²) in [6, 6.07) is -0.116. The first-order valence-electron chi connectivity index (χ1n) is 9.69. The molecule has 0 aromatic carbocycles. The maximum absolute atomic E-state index is 12.5. The van der Waals surface area contributed by atoms with Crippen molar-refractivity contribution in [2.24, 2.45) is 0 Å². The monoisotopic (exact) mass is 367 g/mol. The molecule has 0 aliphatic carbocycles. The average molecular weight is 367 g/mol. The molecule has 2 N–H and O–H groups in total. The minimum atomic E-state index is -0.454. The Bertz CT molecular complexity index is 503. The highest BCUT2D eigenvalue weighted by Crippen LogP contribution is 2.16. The summed E-state index contributed by atoms with van der Waals surface area (Å²) in [5.74, 6) is -0.0800.